The third kappa shape index (κ3) is 4.29. The van der Waals surface area contributed by atoms with Gasteiger partial charge in [0.25, 0.3) is 0 Å². The van der Waals surface area contributed by atoms with E-state index in [0.717, 1.165) is 25.6 Å². The van der Waals surface area contributed by atoms with Crippen molar-refractivity contribution in [2.75, 3.05) is 13.1 Å². The Morgan fingerprint density at radius 2 is 2.26 bits per heavy atom. The molecule has 2 unspecified atom stereocenters. The molecule has 106 valence electrons. The van der Waals surface area contributed by atoms with E-state index in [1.165, 1.54) is 18.5 Å². The van der Waals surface area contributed by atoms with Crippen molar-refractivity contribution in [3.63, 3.8) is 0 Å². The predicted molar refractivity (Wildman–Crippen MR) is 80.0 cm³/mol. The minimum absolute atomic E-state index is 0.632. The van der Waals surface area contributed by atoms with Gasteiger partial charge in [0, 0.05) is 37.9 Å². The number of hydrogen-bond acceptors (Lipinski definition) is 3. The Bertz CT molecular complexity index is 364. The molecule has 1 aromatic heterocycles. The lowest BCUT2D eigenvalue weighted by molar-refractivity contribution is 0.104. The summed E-state index contributed by atoms with van der Waals surface area (Å²) in [4.78, 5) is 7.09. The van der Waals surface area contributed by atoms with Crippen LogP contribution in [0.25, 0.3) is 0 Å². The number of hydrogen-bond donors (Lipinski definition) is 1. The lowest BCUT2D eigenvalue weighted by atomic mass is 9.98. The van der Waals surface area contributed by atoms with Gasteiger partial charge in [0.1, 0.15) is 0 Å². The average Bonchev–Trinajstić information content (AvgIpc) is 2.41. The summed E-state index contributed by atoms with van der Waals surface area (Å²) in [5.74, 6) is 0.746. The summed E-state index contributed by atoms with van der Waals surface area (Å²) in [6.45, 7) is 10.1. The average molecular weight is 261 g/mol. The van der Waals surface area contributed by atoms with Crippen molar-refractivity contribution in [3.8, 4) is 0 Å². The highest BCUT2D eigenvalue weighted by atomic mass is 15.2. The Morgan fingerprint density at radius 1 is 1.42 bits per heavy atom. The topological polar surface area (TPSA) is 28.2 Å². The summed E-state index contributed by atoms with van der Waals surface area (Å²) < 4.78 is 0. The summed E-state index contributed by atoms with van der Waals surface area (Å²) in [6, 6.07) is 7.48. The molecule has 0 aliphatic carbocycles. The maximum Gasteiger partial charge on any atom is 0.0544 e. The van der Waals surface area contributed by atoms with Gasteiger partial charge < -0.3 is 5.32 Å². The van der Waals surface area contributed by atoms with Crippen molar-refractivity contribution in [2.45, 2.75) is 52.2 Å². The van der Waals surface area contributed by atoms with E-state index in [2.05, 4.69) is 48.1 Å². The molecule has 1 aromatic rings. The summed E-state index contributed by atoms with van der Waals surface area (Å²) >= 11 is 0. The van der Waals surface area contributed by atoms with Crippen molar-refractivity contribution < 1.29 is 0 Å². The maximum atomic E-state index is 4.48. The third-order valence-corrected chi connectivity index (χ3v) is 3.94. The number of nitrogens with one attached hydrogen (secondary N) is 1. The molecule has 2 rings (SSSR count). The van der Waals surface area contributed by atoms with Crippen LogP contribution >= 0.6 is 0 Å². The lowest BCUT2D eigenvalue weighted by Gasteiger charge is -2.41. The standard InChI is InChI=1S/C16H27N3/c1-4-14-11-19(12-15-7-5-6-8-17-15)16(10-18-14)9-13(2)3/h5-8,13-14,16,18H,4,9-12H2,1-3H3. The van der Waals surface area contributed by atoms with Gasteiger partial charge in [-0.05, 0) is 30.9 Å². The molecule has 0 radical (unpaired) electrons. The zero-order valence-corrected chi connectivity index (χ0v) is 12.5. The normalized spacial score (nSPS) is 24.8. The zero-order chi connectivity index (χ0) is 13.7. The number of piperazine rings is 1. The minimum atomic E-state index is 0.632. The van der Waals surface area contributed by atoms with E-state index in [4.69, 9.17) is 0 Å². The maximum absolute atomic E-state index is 4.48. The van der Waals surface area contributed by atoms with Crippen LogP contribution in [0.4, 0.5) is 0 Å². The van der Waals surface area contributed by atoms with Crippen LogP contribution in [0.2, 0.25) is 0 Å². The Morgan fingerprint density at radius 3 is 2.89 bits per heavy atom. The van der Waals surface area contributed by atoms with Gasteiger partial charge in [-0.15, -0.1) is 0 Å². The molecule has 1 saturated heterocycles. The van der Waals surface area contributed by atoms with E-state index >= 15 is 0 Å². The molecule has 0 amide bonds. The molecule has 3 nitrogen and oxygen atoms in total. The SMILES string of the molecule is CCC1CN(Cc2ccccn2)C(CC(C)C)CN1. The summed E-state index contributed by atoms with van der Waals surface area (Å²) in [6.07, 6.45) is 4.36. The van der Waals surface area contributed by atoms with Gasteiger partial charge >= 0.3 is 0 Å². The molecular formula is C16H27N3. The molecule has 1 aliphatic rings. The molecular weight excluding hydrogens is 234 g/mol. The summed E-state index contributed by atoms with van der Waals surface area (Å²) in [7, 11) is 0. The van der Waals surface area contributed by atoms with E-state index in [1.807, 2.05) is 12.3 Å². The van der Waals surface area contributed by atoms with Gasteiger partial charge in [0.15, 0.2) is 0 Å². The van der Waals surface area contributed by atoms with Crippen molar-refractivity contribution in [1.82, 2.24) is 15.2 Å². The third-order valence-electron chi connectivity index (χ3n) is 3.94. The molecule has 0 bridgehead atoms. The van der Waals surface area contributed by atoms with E-state index in [1.54, 1.807) is 0 Å². The van der Waals surface area contributed by atoms with Gasteiger partial charge in [-0.25, -0.2) is 0 Å². The summed E-state index contributed by atoms with van der Waals surface area (Å²) in [5.41, 5.74) is 1.19. The molecule has 2 heterocycles. The fraction of sp³-hybridized carbons (Fsp3) is 0.688. The van der Waals surface area contributed by atoms with Crippen LogP contribution in [0.3, 0.4) is 0 Å². The van der Waals surface area contributed by atoms with E-state index in [-0.39, 0.29) is 0 Å². The Labute approximate surface area is 117 Å². The zero-order valence-electron chi connectivity index (χ0n) is 12.5. The van der Waals surface area contributed by atoms with Crippen LogP contribution in [0.1, 0.15) is 39.3 Å². The smallest absolute Gasteiger partial charge is 0.0544 e. The summed E-state index contributed by atoms with van der Waals surface area (Å²) in [5, 5.41) is 3.68. The Kier molecular flexibility index (Phi) is 5.34. The van der Waals surface area contributed by atoms with Crippen LogP contribution in [0.15, 0.2) is 24.4 Å². The second-order valence-corrected chi connectivity index (χ2v) is 6.05. The molecule has 2 atom stereocenters. The number of pyridine rings is 1. The molecule has 1 aliphatic heterocycles. The van der Waals surface area contributed by atoms with Crippen molar-refractivity contribution in [2.24, 2.45) is 5.92 Å². The van der Waals surface area contributed by atoms with Gasteiger partial charge in [0.05, 0.1) is 5.69 Å². The first kappa shape index (κ1) is 14.5. The number of nitrogens with zero attached hydrogens (tertiary/aromatic N) is 2. The van der Waals surface area contributed by atoms with Crippen molar-refractivity contribution >= 4 is 0 Å². The van der Waals surface area contributed by atoms with Gasteiger partial charge in [-0.1, -0.05) is 26.8 Å². The quantitative estimate of drug-likeness (QED) is 0.883. The van der Waals surface area contributed by atoms with Crippen molar-refractivity contribution in [3.05, 3.63) is 30.1 Å². The molecule has 0 spiro atoms. The van der Waals surface area contributed by atoms with Crippen LogP contribution in [-0.2, 0) is 6.54 Å². The van der Waals surface area contributed by atoms with Crippen LogP contribution in [-0.4, -0.2) is 35.1 Å². The highest BCUT2D eigenvalue weighted by molar-refractivity contribution is 5.04. The predicted octanol–water partition coefficient (Wildman–Crippen LogP) is 2.68. The van der Waals surface area contributed by atoms with Crippen LogP contribution < -0.4 is 5.32 Å². The highest BCUT2D eigenvalue weighted by Gasteiger charge is 2.27. The van der Waals surface area contributed by atoms with Crippen LogP contribution in [0.5, 0.6) is 0 Å². The molecule has 19 heavy (non-hydrogen) atoms. The Balaban J connectivity index is 2.02. The van der Waals surface area contributed by atoms with E-state index in [0.29, 0.717) is 12.1 Å². The van der Waals surface area contributed by atoms with Crippen molar-refractivity contribution in [1.29, 1.82) is 0 Å². The van der Waals surface area contributed by atoms with Crippen LogP contribution in [0, 0.1) is 5.92 Å². The molecule has 0 aromatic carbocycles. The second-order valence-electron chi connectivity index (χ2n) is 6.05. The lowest BCUT2D eigenvalue weighted by Crippen LogP contribution is -2.56. The minimum Gasteiger partial charge on any atom is -0.311 e. The molecule has 1 fully saturated rings. The van der Waals surface area contributed by atoms with Gasteiger partial charge in [0.2, 0.25) is 0 Å². The van der Waals surface area contributed by atoms with Gasteiger partial charge in [-0.3, -0.25) is 9.88 Å². The monoisotopic (exact) mass is 261 g/mol. The largest absolute Gasteiger partial charge is 0.311 e. The first-order chi connectivity index (χ1) is 9.19. The Hall–Kier alpha value is -0.930. The fourth-order valence-corrected chi connectivity index (χ4v) is 2.87. The molecule has 3 heteroatoms. The van der Waals surface area contributed by atoms with E-state index in [9.17, 15) is 0 Å². The van der Waals surface area contributed by atoms with E-state index < -0.39 is 0 Å². The second kappa shape index (κ2) is 7.01. The number of rotatable bonds is 5. The first-order valence-corrected chi connectivity index (χ1v) is 7.56. The fourth-order valence-electron chi connectivity index (χ4n) is 2.87. The highest BCUT2D eigenvalue weighted by Crippen LogP contribution is 2.18. The van der Waals surface area contributed by atoms with Gasteiger partial charge in [-0.2, -0.15) is 0 Å². The first-order valence-electron chi connectivity index (χ1n) is 7.56. The number of aromatic nitrogens is 1. The molecule has 0 saturated carbocycles. The molecule has 1 N–H and O–H groups in total.